The van der Waals surface area contributed by atoms with Crippen molar-refractivity contribution in [1.82, 2.24) is 4.90 Å². The van der Waals surface area contributed by atoms with Gasteiger partial charge in [0, 0.05) is 43.0 Å². The average Bonchev–Trinajstić information content (AvgIpc) is 2.82. The summed E-state index contributed by atoms with van der Waals surface area (Å²) in [4.78, 5) is 27.5. The summed E-state index contributed by atoms with van der Waals surface area (Å²) in [6, 6.07) is 16.6. The number of aryl methyl sites for hydroxylation is 1. The number of hydrogen-bond donors (Lipinski definition) is 0. The molecule has 8 nitrogen and oxygen atoms in total. The molecular weight excluding hydrogens is 485 g/mol. The highest BCUT2D eigenvalue weighted by Gasteiger charge is 2.31. The molecule has 36 heavy (non-hydrogen) atoms. The van der Waals surface area contributed by atoms with E-state index in [2.05, 4.69) is 11.0 Å². The van der Waals surface area contributed by atoms with Crippen LogP contribution in [0.5, 0.6) is 0 Å². The molecule has 3 aromatic carbocycles. The van der Waals surface area contributed by atoms with Crippen molar-refractivity contribution in [3.63, 3.8) is 0 Å². The summed E-state index contributed by atoms with van der Waals surface area (Å²) < 4.78 is 39.4. The molecule has 0 saturated carbocycles. The van der Waals surface area contributed by atoms with Crippen molar-refractivity contribution in [3.8, 4) is 0 Å². The molecule has 3 aromatic rings. The minimum Gasteiger partial charge on any atom is -0.365 e. The number of nitro groups is 1. The fraction of sp³-hybridized carbons (Fsp3) is 0.269. The molecule has 1 saturated heterocycles. The Hall–Kier alpha value is -3.79. The second-order valence-electron chi connectivity index (χ2n) is 8.96. The SMILES string of the molecule is Cc1cccc(N2CCN(C(=O)c3ccc(S(=O)(=O)Cc4cccc(F)c4)c([N+](=O)[O-])c3)CC2C)c1. The molecular formula is C26H26FN3O5S. The monoisotopic (exact) mass is 511 g/mol. The van der Waals surface area contributed by atoms with Crippen LogP contribution in [0.3, 0.4) is 0 Å². The fourth-order valence-corrected chi connectivity index (χ4v) is 6.00. The van der Waals surface area contributed by atoms with Crippen LogP contribution >= 0.6 is 0 Å². The lowest BCUT2D eigenvalue weighted by Crippen LogP contribution is -2.53. The Morgan fingerprint density at radius 3 is 2.50 bits per heavy atom. The lowest BCUT2D eigenvalue weighted by atomic mass is 10.1. The number of halogens is 1. The predicted octanol–water partition coefficient (Wildman–Crippen LogP) is 4.37. The van der Waals surface area contributed by atoms with Crippen LogP contribution in [0.4, 0.5) is 15.8 Å². The van der Waals surface area contributed by atoms with Crippen LogP contribution in [0.2, 0.25) is 0 Å². The zero-order valence-corrected chi connectivity index (χ0v) is 20.7. The van der Waals surface area contributed by atoms with Crippen LogP contribution in [0.25, 0.3) is 0 Å². The van der Waals surface area contributed by atoms with Crippen molar-refractivity contribution in [2.75, 3.05) is 24.5 Å². The third-order valence-electron chi connectivity index (χ3n) is 6.23. The fourth-order valence-electron chi connectivity index (χ4n) is 4.49. The van der Waals surface area contributed by atoms with Gasteiger partial charge in [0.05, 0.1) is 10.7 Å². The molecule has 1 unspecified atom stereocenters. The molecule has 0 radical (unpaired) electrons. The maximum absolute atomic E-state index is 13.5. The first-order valence-electron chi connectivity index (χ1n) is 11.4. The van der Waals surface area contributed by atoms with Gasteiger partial charge in [-0.05, 0) is 61.4 Å². The Morgan fingerprint density at radius 1 is 1.08 bits per heavy atom. The van der Waals surface area contributed by atoms with Gasteiger partial charge in [-0.25, -0.2) is 12.8 Å². The molecule has 1 fully saturated rings. The summed E-state index contributed by atoms with van der Waals surface area (Å²) in [6.45, 7) is 5.46. The number of amides is 1. The first-order valence-corrected chi connectivity index (χ1v) is 13.1. The Kier molecular flexibility index (Phi) is 7.07. The van der Waals surface area contributed by atoms with Crippen LogP contribution in [0.15, 0.2) is 71.6 Å². The van der Waals surface area contributed by atoms with E-state index >= 15 is 0 Å². The van der Waals surface area contributed by atoms with Gasteiger partial charge in [-0.3, -0.25) is 14.9 Å². The van der Waals surface area contributed by atoms with Crippen LogP contribution in [-0.2, 0) is 15.6 Å². The normalized spacial score (nSPS) is 16.1. The first-order chi connectivity index (χ1) is 17.0. The van der Waals surface area contributed by atoms with Crippen LogP contribution in [0, 0.1) is 22.9 Å². The summed E-state index contributed by atoms with van der Waals surface area (Å²) in [5.41, 5.74) is 1.74. The van der Waals surface area contributed by atoms with Crippen molar-refractivity contribution in [2.24, 2.45) is 0 Å². The number of anilines is 1. The van der Waals surface area contributed by atoms with Crippen molar-refractivity contribution < 1.29 is 22.5 Å². The van der Waals surface area contributed by atoms with Crippen molar-refractivity contribution in [2.45, 2.75) is 30.5 Å². The average molecular weight is 512 g/mol. The molecule has 1 heterocycles. The first kappa shape index (κ1) is 25.3. The lowest BCUT2D eigenvalue weighted by Gasteiger charge is -2.41. The Morgan fingerprint density at radius 2 is 1.83 bits per heavy atom. The topological polar surface area (TPSA) is 101 Å². The van der Waals surface area contributed by atoms with E-state index in [1.807, 2.05) is 32.0 Å². The Labute approximate surface area is 209 Å². The molecule has 4 rings (SSSR count). The lowest BCUT2D eigenvalue weighted by molar-refractivity contribution is -0.387. The maximum Gasteiger partial charge on any atom is 0.288 e. The molecule has 0 N–H and O–H groups in total. The second-order valence-corrected chi connectivity index (χ2v) is 10.9. The summed E-state index contributed by atoms with van der Waals surface area (Å²) in [5.74, 6) is -1.60. The zero-order valence-electron chi connectivity index (χ0n) is 19.9. The molecule has 188 valence electrons. The van der Waals surface area contributed by atoms with Gasteiger partial charge in [0.25, 0.3) is 11.6 Å². The van der Waals surface area contributed by atoms with Crippen molar-refractivity contribution >= 4 is 27.1 Å². The van der Waals surface area contributed by atoms with Crippen molar-refractivity contribution in [1.29, 1.82) is 0 Å². The Balaban J connectivity index is 1.55. The van der Waals surface area contributed by atoms with E-state index < -0.39 is 42.8 Å². The van der Waals surface area contributed by atoms with E-state index in [0.717, 1.165) is 29.4 Å². The highest BCUT2D eigenvalue weighted by atomic mass is 32.2. The maximum atomic E-state index is 13.5. The van der Waals surface area contributed by atoms with Crippen LogP contribution < -0.4 is 4.90 Å². The summed E-state index contributed by atoms with van der Waals surface area (Å²) >= 11 is 0. The second kappa shape index (κ2) is 10.1. The third-order valence-corrected chi connectivity index (χ3v) is 7.96. The minimum atomic E-state index is -4.16. The van der Waals surface area contributed by atoms with Gasteiger partial charge >= 0.3 is 0 Å². The van der Waals surface area contributed by atoms with Gasteiger partial charge in [0.2, 0.25) is 0 Å². The number of sulfone groups is 1. The molecule has 1 amide bonds. The van der Waals surface area contributed by atoms with E-state index in [0.29, 0.717) is 19.6 Å². The van der Waals surface area contributed by atoms with Crippen LogP contribution in [-0.4, -0.2) is 49.8 Å². The summed E-state index contributed by atoms with van der Waals surface area (Å²) in [5, 5.41) is 11.8. The molecule has 1 atom stereocenters. The third kappa shape index (κ3) is 5.38. The minimum absolute atomic E-state index is 0.0189. The summed E-state index contributed by atoms with van der Waals surface area (Å²) in [6.07, 6.45) is 0. The number of benzene rings is 3. The molecule has 0 aromatic heterocycles. The number of nitrogens with zero attached hydrogens (tertiary/aromatic N) is 3. The smallest absolute Gasteiger partial charge is 0.288 e. The van der Waals surface area contributed by atoms with E-state index in [1.165, 1.54) is 24.3 Å². The highest BCUT2D eigenvalue weighted by Crippen LogP contribution is 2.29. The molecule has 1 aliphatic rings. The van der Waals surface area contributed by atoms with Gasteiger partial charge < -0.3 is 9.80 Å². The molecule has 0 aliphatic carbocycles. The van der Waals surface area contributed by atoms with E-state index in [4.69, 9.17) is 0 Å². The molecule has 0 spiro atoms. The standard InChI is InChI=1S/C26H26FN3O5S/c1-18-5-3-8-23(13-18)29-12-11-28(16-19(29)2)26(31)21-9-10-25(24(15-21)30(32)33)36(34,35)17-20-6-4-7-22(27)14-20/h3-10,13-15,19H,11-12,16-17H2,1-2H3. The molecule has 1 aliphatic heterocycles. The van der Waals surface area contributed by atoms with Gasteiger partial charge in [0.1, 0.15) is 10.7 Å². The van der Waals surface area contributed by atoms with Crippen molar-refractivity contribution in [3.05, 3.63) is 99.4 Å². The quantitative estimate of drug-likeness (QED) is 0.360. The number of piperazine rings is 1. The highest BCUT2D eigenvalue weighted by molar-refractivity contribution is 7.90. The number of carbonyl (C=O) groups excluding carboxylic acids is 1. The van der Waals surface area contributed by atoms with E-state index in [-0.39, 0.29) is 17.2 Å². The number of hydrogen-bond acceptors (Lipinski definition) is 6. The molecule has 10 heteroatoms. The van der Waals surface area contributed by atoms with Gasteiger partial charge in [0.15, 0.2) is 9.84 Å². The van der Waals surface area contributed by atoms with Crippen LogP contribution in [0.1, 0.15) is 28.4 Å². The summed E-state index contributed by atoms with van der Waals surface area (Å²) in [7, 11) is -4.16. The van der Waals surface area contributed by atoms with Gasteiger partial charge in [-0.1, -0.05) is 24.3 Å². The largest absolute Gasteiger partial charge is 0.365 e. The Bertz CT molecular complexity index is 1430. The zero-order chi connectivity index (χ0) is 26.0. The number of carbonyl (C=O) groups is 1. The van der Waals surface area contributed by atoms with E-state index in [1.54, 1.807) is 4.90 Å². The van der Waals surface area contributed by atoms with Gasteiger partial charge in [-0.15, -0.1) is 0 Å². The van der Waals surface area contributed by atoms with E-state index in [9.17, 15) is 27.7 Å². The number of nitro benzene ring substituents is 1. The molecule has 0 bridgehead atoms. The van der Waals surface area contributed by atoms with Gasteiger partial charge in [-0.2, -0.15) is 0 Å². The predicted molar refractivity (Wildman–Crippen MR) is 134 cm³/mol. The number of rotatable bonds is 6.